The van der Waals surface area contributed by atoms with E-state index in [4.69, 9.17) is 4.52 Å². The van der Waals surface area contributed by atoms with Gasteiger partial charge in [0, 0.05) is 35.4 Å². The number of rotatable bonds is 9. The Kier molecular flexibility index (Phi) is 8.55. The second-order valence-electron chi connectivity index (χ2n) is 8.70. The van der Waals surface area contributed by atoms with Crippen molar-refractivity contribution in [3.63, 3.8) is 0 Å². The minimum absolute atomic E-state index is 0.0839. The van der Waals surface area contributed by atoms with Gasteiger partial charge in [0.25, 0.3) is 0 Å². The Morgan fingerprint density at radius 2 is 1.94 bits per heavy atom. The number of piperidine rings is 1. The van der Waals surface area contributed by atoms with E-state index in [1.807, 2.05) is 38.1 Å². The molecule has 1 unspecified atom stereocenters. The molecule has 1 aliphatic heterocycles. The predicted molar refractivity (Wildman–Crippen MR) is 141 cm³/mol. The zero-order chi connectivity index (χ0) is 25.7. The van der Waals surface area contributed by atoms with Gasteiger partial charge in [-0.2, -0.15) is 9.29 Å². The first-order valence-electron chi connectivity index (χ1n) is 12.0. The van der Waals surface area contributed by atoms with Crippen molar-refractivity contribution >= 4 is 37.5 Å². The van der Waals surface area contributed by atoms with E-state index in [1.165, 1.54) is 16.4 Å². The lowest BCUT2D eigenvalue weighted by molar-refractivity contribution is -0.121. The molecule has 1 amide bonds. The van der Waals surface area contributed by atoms with Gasteiger partial charge in [-0.15, -0.1) is 0 Å². The van der Waals surface area contributed by atoms with Crippen molar-refractivity contribution in [3.05, 3.63) is 58.9 Å². The fourth-order valence-electron chi connectivity index (χ4n) is 4.34. The van der Waals surface area contributed by atoms with Crippen LogP contribution in [0, 0.1) is 5.92 Å². The highest BCUT2D eigenvalue weighted by molar-refractivity contribution is 9.10. The van der Waals surface area contributed by atoms with E-state index in [1.54, 1.807) is 12.1 Å². The van der Waals surface area contributed by atoms with Crippen LogP contribution < -0.4 is 5.32 Å². The summed E-state index contributed by atoms with van der Waals surface area (Å²) in [5.41, 5.74) is 1.44. The number of halogens is 1. The maximum atomic E-state index is 12.9. The Bertz CT molecular complexity index is 1290. The highest BCUT2D eigenvalue weighted by Crippen LogP contribution is 2.24. The van der Waals surface area contributed by atoms with Crippen molar-refractivity contribution in [2.45, 2.75) is 38.1 Å². The molecule has 3 aromatic rings. The van der Waals surface area contributed by atoms with E-state index in [0.29, 0.717) is 43.6 Å². The van der Waals surface area contributed by atoms with Crippen molar-refractivity contribution in [1.29, 1.82) is 0 Å². The van der Waals surface area contributed by atoms with Gasteiger partial charge in [-0.1, -0.05) is 47.1 Å². The molecule has 0 saturated carbocycles. The van der Waals surface area contributed by atoms with Gasteiger partial charge in [0.1, 0.15) is 0 Å². The molecule has 1 aromatic heterocycles. The Morgan fingerprint density at radius 3 is 2.64 bits per heavy atom. The molecule has 192 valence electrons. The van der Waals surface area contributed by atoms with Crippen LogP contribution in [0.2, 0.25) is 0 Å². The molecule has 0 aliphatic carbocycles. The van der Waals surface area contributed by atoms with Crippen LogP contribution in [0.3, 0.4) is 0 Å². The average molecular weight is 577 g/mol. The van der Waals surface area contributed by atoms with Crippen LogP contribution in [0.5, 0.6) is 0 Å². The van der Waals surface area contributed by atoms with E-state index in [-0.39, 0.29) is 16.7 Å². The molecule has 1 saturated heterocycles. The van der Waals surface area contributed by atoms with Crippen molar-refractivity contribution < 1.29 is 17.7 Å². The first kappa shape index (κ1) is 26.5. The third-order valence-corrected chi connectivity index (χ3v) is 8.81. The zero-order valence-corrected chi connectivity index (χ0v) is 22.8. The van der Waals surface area contributed by atoms with Gasteiger partial charge in [-0.05, 0) is 55.8 Å². The predicted octanol–water partition coefficient (Wildman–Crippen LogP) is 4.38. The standard InChI is InChI=1S/C25H30BrN5O4S/c1-3-31(4-2)36(33,34)22-12-10-21(11-13-22)27-25(32)19-8-6-14-30(16-19)17-23-28-24(29-35-23)18-7-5-9-20(26)15-18/h5,7,9-13,15,19H,3-4,6,8,14,16-17H2,1-2H3,(H,27,32). The van der Waals surface area contributed by atoms with Crippen molar-refractivity contribution in [3.8, 4) is 11.4 Å². The van der Waals surface area contributed by atoms with E-state index in [9.17, 15) is 13.2 Å². The van der Waals surface area contributed by atoms with E-state index in [0.717, 1.165) is 29.4 Å². The molecule has 2 aromatic carbocycles. The minimum atomic E-state index is -3.53. The number of sulfonamides is 1. The molecule has 1 fully saturated rings. The van der Waals surface area contributed by atoms with Gasteiger partial charge in [0.2, 0.25) is 27.6 Å². The molecule has 36 heavy (non-hydrogen) atoms. The van der Waals surface area contributed by atoms with E-state index in [2.05, 4.69) is 36.3 Å². The number of likely N-dealkylation sites (tertiary alicyclic amines) is 1. The Labute approximate surface area is 220 Å². The summed E-state index contributed by atoms with van der Waals surface area (Å²) in [4.78, 5) is 19.8. The second-order valence-corrected chi connectivity index (χ2v) is 11.6. The highest BCUT2D eigenvalue weighted by atomic mass is 79.9. The van der Waals surface area contributed by atoms with Gasteiger partial charge in [0.15, 0.2) is 0 Å². The zero-order valence-electron chi connectivity index (χ0n) is 20.4. The molecular formula is C25H30BrN5O4S. The lowest BCUT2D eigenvalue weighted by Gasteiger charge is -2.30. The Hall–Kier alpha value is -2.60. The summed E-state index contributed by atoms with van der Waals surface area (Å²) in [6.07, 6.45) is 1.66. The van der Waals surface area contributed by atoms with E-state index >= 15 is 0 Å². The van der Waals surface area contributed by atoms with Crippen molar-refractivity contribution in [2.24, 2.45) is 5.92 Å². The number of carbonyl (C=O) groups is 1. The normalized spacial score (nSPS) is 16.8. The number of amides is 1. The summed E-state index contributed by atoms with van der Waals surface area (Å²) < 4.78 is 33.1. The molecule has 1 aliphatic rings. The van der Waals surface area contributed by atoms with Gasteiger partial charge >= 0.3 is 0 Å². The summed E-state index contributed by atoms with van der Waals surface area (Å²) in [7, 11) is -3.53. The van der Waals surface area contributed by atoms with Crippen LogP contribution >= 0.6 is 15.9 Å². The number of carbonyl (C=O) groups excluding carboxylic acids is 1. The fourth-order valence-corrected chi connectivity index (χ4v) is 6.19. The SMILES string of the molecule is CCN(CC)S(=O)(=O)c1ccc(NC(=O)C2CCCN(Cc3nc(-c4cccc(Br)c4)no3)C2)cc1. The van der Waals surface area contributed by atoms with Crippen LogP contribution in [-0.4, -0.2) is 59.8 Å². The largest absolute Gasteiger partial charge is 0.338 e. The Balaban J connectivity index is 1.35. The molecule has 0 spiro atoms. The lowest BCUT2D eigenvalue weighted by Crippen LogP contribution is -2.40. The number of nitrogens with zero attached hydrogens (tertiary/aromatic N) is 4. The van der Waals surface area contributed by atoms with Crippen LogP contribution in [0.4, 0.5) is 5.69 Å². The second kappa shape index (κ2) is 11.6. The summed E-state index contributed by atoms with van der Waals surface area (Å²) in [5, 5.41) is 7.02. The van der Waals surface area contributed by atoms with Crippen molar-refractivity contribution in [1.82, 2.24) is 19.3 Å². The smallest absolute Gasteiger partial charge is 0.243 e. The van der Waals surface area contributed by atoms with Gasteiger partial charge in [0.05, 0.1) is 17.4 Å². The first-order valence-corrected chi connectivity index (χ1v) is 14.3. The monoisotopic (exact) mass is 575 g/mol. The molecule has 1 atom stereocenters. The summed E-state index contributed by atoms with van der Waals surface area (Å²) >= 11 is 3.45. The average Bonchev–Trinajstić information content (AvgIpc) is 3.33. The van der Waals surface area contributed by atoms with Crippen molar-refractivity contribution in [2.75, 3.05) is 31.5 Å². The van der Waals surface area contributed by atoms with Crippen LogP contribution in [0.1, 0.15) is 32.6 Å². The molecule has 2 heterocycles. The molecule has 11 heteroatoms. The number of nitrogens with one attached hydrogen (secondary N) is 1. The first-order chi connectivity index (χ1) is 17.3. The minimum Gasteiger partial charge on any atom is -0.338 e. The number of aromatic nitrogens is 2. The van der Waals surface area contributed by atoms with Gasteiger partial charge in [-0.25, -0.2) is 8.42 Å². The third kappa shape index (κ3) is 6.20. The molecular weight excluding hydrogens is 546 g/mol. The number of hydrogen-bond acceptors (Lipinski definition) is 7. The third-order valence-electron chi connectivity index (χ3n) is 6.25. The summed E-state index contributed by atoms with van der Waals surface area (Å²) in [6.45, 7) is 6.33. The molecule has 0 bridgehead atoms. The molecule has 0 radical (unpaired) electrons. The molecule has 4 rings (SSSR count). The number of hydrogen-bond donors (Lipinski definition) is 1. The number of benzene rings is 2. The quantitative estimate of drug-likeness (QED) is 0.403. The highest BCUT2D eigenvalue weighted by Gasteiger charge is 2.27. The van der Waals surface area contributed by atoms with Crippen LogP contribution in [-0.2, 0) is 21.4 Å². The Morgan fingerprint density at radius 1 is 1.19 bits per heavy atom. The van der Waals surface area contributed by atoms with Gasteiger partial charge in [-0.3, -0.25) is 9.69 Å². The maximum Gasteiger partial charge on any atom is 0.243 e. The van der Waals surface area contributed by atoms with E-state index < -0.39 is 10.0 Å². The lowest BCUT2D eigenvalue weighted by atomic mass is 9.97. The fraction of sp³-hybridized carbons (Fsp3) is 0.400. The summed E-state index contributed by atoms with van der Waals surface area (Å²) in [6, 6.07) is 14.1. The molecule has 9 nitrogen and oxygen atoms in total. The maximum absolute atomic E-state index is 12.9. The van der Waals surface area contributed by atoms with Crippen LogP contribution in [0.15, 0.2) is 62.4 Å². The molecule has 1 N–H and O–H groups in total. The van der Waals surface area contributed by atoms with Gasteiger partial charge < -0.3 is 9.84 Å². The number of anilines is 1. The van der Waals surface area contributed by atoms with Crippen LogP contribution in [0.25, 0.3) is 11.4 Å². The topological polar surface area (TPSA) is 109 Å². The summed E-state index contributed by atoms with van der Waals surface area (Å²) in [5.74, 6) is 0.768.